The molecule has 0 radical (unpaired) electrons. The van der Waals surface area contributed by atoms with E-state index in [0.29, 0.717) is 48.6 Å². The van der Waals surface area contributed by atoms with Gasteiger partial charge in [0.2, 0.25) is 12.2 Å². The second-order valence-electron chi connectivity index (χ2n) is 8.76. The monoisotopic (exact) mass is 438 g/mol. The fraction of sp³-hybridized carbons (Fsp3) is 0.435. The number of hydrogen-bond acceptors (Lipinski definition) is 7. The number of nitrogens with zero attached hydrogens (tertiary/aromatic N) is 4. The number of hydrogen-bond donors (Lipinski definition) is 2. The minimum Gasteiger partial charge on any atom is -0.345 e. The van der Waals surface area contributed by atoms with Crippen molar-refractivity contribution >= 4 is 5.95 Å². The molecule has 8 nitrogen and oxygen atoms in total. The summed E-state index contributed by atoms with van der Waals surface area (Å²) in [6.45, 7) is 5.36. The molecular weight excluding hydrogens is 411 g/mol. The molecule has 4 heterocycles. The average Bonchev–Trinajstić information content (AvgIpc) is 3.51. The molecule has 2 aliphatic heterocycles. The minimum absolute atomic E-state index is 0.219. The van der Waals surface area contributed by atoms with Gasteiger partial charge >= 0.3 is 0 Å². The third kappa shape index (κ3) is 4.11. The summed E-state index contributed by atoms with van der Waals surface area (Å²) in [5.74, 6) is 0.939. The van der Waals surface area contributed by atoms with Crippen LogP contribution < -0.4 is 10.6 Å². The smallest absolute Gasteiger partial charge is 0.225 e. The van der Waals surface area contributed by atoms with Crippen LogP contribution in [-0.4, -0.2) is 52.8 Å². The van der Waals surface area contributed by atoms with Gasteiger partial charge < -0.3 is 25.1 Å². The van der Waals surface area contributed by atoms with Crippen molar-refractivity contribution in [3.63, 3.8) is 0 Å². The topological polar surface area (TPSA) is 102 Å². The van der Waals surface area contributed by atoms with Crippen LogP contribution in [0.25, 0.3) is 22.6 Å². The van der Waals surface area contributed by atoms with E-state index in [1.807, 2.05) is 13.0 Å². The van der Waals surface area contributed by atoms with E-state index in [2.05, 4.69) is 14.9 Å². The molecule has 1 aromatic carbocycles. The summed E-state index contributed by atoms with van der Waals surface area (Å²) in [6.07, 6.45) is 3.40. The van der Waals surface area contributed by atoms with Crippen LogP contribution >= 0.6 is 0 Å². The van der Waals surface area contributed by atoms with E-state index in [-0.39, 0.29) is 11.2 Å². The van der Waals surface area contributed by atoms with E-state index in [4.69, 9.17) is 25.2 Å². The predicted octanol–water partition coefficient (Wildman–Crippen LogP) is 3.28. The van der Waals surface area contributed by atoms with Crippen molar-refractivity contribution in [3.8, 4) is 22.6 Å². The molecule has 3 N–H and O–H groups in total. The molecule has 9 heteroatoms. The Labute approximate surface area is 186 Å². The van der Waals surface area contributed by atoms with Gasteiger partial charge in [-0.2, -0.15) is 0 Å². The van der Waals surface area contributed by atoms with Gasteiger partial charge in [0, 0.05) is 36.8 Å². The van der Waals surface area contributed by atoms with E-state index >= 15 is 0 Å². The number of imidazole rings is 1. The maximum atomic E-state index is 13.5. The lowest BCUT2D eigenvalue weighted by Gasteiger charge is -2.35. The van der Waals surface area contributed by atoms with Gasteiger partial charge in [0.25, 0.3) is 0 Å². The molecule has 0 spiro atoms. The molecule has 2 fully saturated rings. The highest BCUT2D eigenvalue weighted by molar-refractivity contribution is 5.77. The van der Waals surface area contributed by atoms with Crippen molar-refractivity contribution in [1.29, 1.82) is 0 Å². The summed E-state index contributed by atoms with van der Waals surface area (Å²) in [6, 6.07) is 8.09. The number of nitrogens with two attached hydrogens (primary N) is 1. The third-order valence-corrected chi connectivity index (χ3v) is 6.01. The lowest BCUT2D eigenvalue weighted by molar-refractivity contribution is -0.231. The molecule has 5 rings (SSSR count). The number of ether oxygens (including phenoxy) is 2. The van der Waals surface area contributed by atoms with Crippen molar-refractivity contribution < 1.29 is 13.9 Å². The molecule has 0 unspecified atom stereocenters. The van der Waals surface area contributed by atoms with Gasteiger partial charge in [0.05, 0.1) is 30.3 Å². The third-order valence-electron chi connectivity index (χ3n) is 6.01. The Hall–Kier alpha value is -2.88. The van der Waals surface area contributed by atoms with Crippen LogP contribution in [0.4, 0.5) is 10.3 Å². The Bertz CT molecular complexity index is 1070. The first-order valence-corrected chi connectivity index (χ1v) is 10.9. The van der Waals surface area contributed by atoms with Gasteiger partial charge in [-0.15, -0.1) is 0 Å². The molecule has 0 aliphatic carbocycles. The van der Waals surface area contributed by atoms with Crippen LogP contribution in [0.15, 0.2) is 36.5 Å². The number of nitrogens with one attached hydrogen (secondary N) is 1. The van der Waals surface area contributed by atoms with Crippen LogP contribution in [0, 0.1) is 11.2 Å². The quantitative estimate of drug-likeness (QED) is 0.630. The van der Waals surface area contributed by atoms with E-state index < -0.39 is 6.29 Å². The Balaban J connectivity index is 1.52. The number of benzene rings is 1. The zero-order chi connectivity index (χ0) is 22.1. The highest BCUT2D eigenvalue weighted by atomic mass is 19.1. The molecule has 0 amide bonds. The number of H-pyrrole nitrogens is 1. The Morgan fingerprint density at radius 1 is 1.12 bits per heavy atom. The van der Waals surface area contributed by atoms with E-state index in [1.165, 1.54) is 12.1 Å². The first-order valence-electron chi connectivity index (χ1n) is 10.9. The Morgan fingerprint density at radius 2 is 1.84 bits per heavy atom. The molecule has 2 aliphatic rings. The maximum absolute atomic E-state index is 13.5. The number of halogens is 1. The summed E-state index contributed by atoms with van der Waals surface area (Å²) in [4.78, 5) is 19.6. The summed E-state index contributed by atoms with van der Waals surface area (Å²) >= 11 is 0. The summed E-state index contributed by atoms with van der Waals surface area (Å²) in [5, 5.41) is 0. The van der Waals surface area contributed by atoms with Gasteiger partial charge in [-0.1, -0.05) is 6.92 Å². The predicted molar refractivity (Wildman–Crippen MR) is 118 cm³/mol. The highest BCUT2D eigenvalue weighted by Gasteiger charge is 2.34. The molecule has 32 heavy (non-hydrogen) atoms. The largest absolute Gasteiger partial charge is 0.345 e. The highest BCUT2D eigenvalue weighted by Crippen LogP contribution is 2.35. The van der Waals surface area contributed by atoms with Crippen LogP contribution in [0.3, 0.4) is 0 Å². The van der Waals surface area contributed by atoms with Crippen molar-refractivity contribution in [2.75, 3.05) is 37.7 Å². The first kappa shape index (κ1) is 21.0. The fourth-order valence-electron chi connectivity index (χ4n) is 3.98. The van der Waals surface area contributed by atoms with Crippen molar-refractivity contribution in [1.82, 2.24) is 19.9 Å². The molecule has 3 aromatic rings. The SMILES string of the molecule is CC1(CN)COC(c2nc(-c3ccc(F)cc3)c(-c3ccnc(N4CCCC4)n3)[nH]2)OC1. The number of aromatic amines is 1. The van der Waals surface area contributed by atoms with Gasteiger partial charge in [0.15, 0.2) is 5.82 Å². The van der Waals surface area contributed by atoms with Crippen LogP contribution in [0.2, 0.25) is 0 Å². The molecule has 0 bridgehead atoms. The molecule has 2 aromatic heterocycles. The zero-order valence-corrected chi connectivity index (χ0v) is 18.1. The average molecular weight is 439 g/mol. The van der Waals surface area contributed by atoms with Crippen LogP contribution in [0.5, 0.6) is 0 Å². The molecule has 0 saturated carbocycles. The van der Waals surface area contributed by atoms with E-state index in [9.17, 15) is 4.39 Å². The molecule has 168 valence electrons. The first-order chi connectivity index (χ1) is 15.5. The number of anilines is 1. The van der Waals surface area contributed by atoms with Gasteiger partial charge in [0.1, 0.15) is 5.82 Å². The van der Waals surface area contributed by atoms with Gasteiger partial charge in [-0.25, -0.2) is 19.3 Å². The van der Waals surface area contributed by atoms with Crippen molar-refractivity contribution in [3.05, 3.63) is 48.2 Å². The fourth-order valence-corrected chi connectivity index (χ4v) is 3.98. The van der Waals surface area contributed by atoms with Crippen molar-refractivity contribution in [2.24, 2.45) is 11.1 Å². The minimum atomic E-state index is -0.637. The number of aromatic nitrogens is 4. The maximum Gasteiger partial charge on any atom is 0.225 e. The van der Waals surface area contributed by atoms with E-state index in [0.717, 1.165) is 31.5 Å². The van der Waals surface area contributed by atoms with Crippen LogP contribution in [-0.2, 0) is 9.47 Å². The second-order valence-corrected chi connectivity index (χ2v) is 8.76. The van der Waals surface area contributed by atoms with E-state index in [1.54, 1.807) is 18.3 Å². The lowest BCUT2D eigenvalue weighted by atomic mass is 9.93. The van der Waals surface area contributed by atoms with Gasteiger partial charge in [-0.3, -0.25) is 0 Å². The number of rotatable bonds is 5. The summed E-state index contributed by atoms with van der Waals surface area (Å²) in [7, 11) is 0. The summed E-state index contributed by atoms with van der Waals surface area (Å²) < 4.78 is 25.4. The second kappa shape index (κ2) is 8.57. The lowest BCUT2D eigenvalue weighted by Crippen LogP contribution is -2.42. The molecule has 2 saturated heterocycles. The molecular formula is C23H27FN6O2. The molecule has 0 atom stereocenters. The standard InChI is InChI=1S/C23H27FN6O2/c1-23(12-25)13-31-21(32-14-23)20-28-18(15-4-6-16(24)7-5-15)19(29-20)17-8-9-26-22(27-17)30-10-2-3-11-30/h4-9,21H,2-3,10-14,25H2,1H3,(H,28,29). The van der Waals surface area contributed by atoms with Crippen LogP contribution in [0.1, 0.15) is 31.9 Å². The van der Waals surface area contributed by atoms with Gasteiger partial charge in [-0.05, 0) is 43.2 Å². The Kier molecular flexibility index (Phi) is 5.62. The normalized spacial score (nSPS) is 23.6. The Morgan fingerprint density at radius 3 is 2.53 bits per heavy atom. The van der Waals surface area contributed by atoms with Crippen molar-refractivity contribution in [2.45, 2.75) is 26.1 Å². The summed E-state index contributed by atoms with van der Waals surface area (Å²) in [5.41, 5.74) is 8.48. The zero-order valence-electron chi connectivity index (χ0n) is 18.1.